The van der Waals surface area contributed by atoms with Crippen LogP contribution in [-0.4, -0.2) is 47.9 Å². The van der Waals surface area contributed by atoms with Crippen molar-refractivity contribution in [2.24, 2.45) is 10.8 Å². The van der Waals surface area contributed by atoms with Crippen LogP contribution in [0, 0.1) is 24.7 Å². The molecule has 216 valence electrons. The highest BCUT2D eigenvalue weighted by Crippen LogP contribution is 2.62. The molecule has 1 atom stereocenters. The second-order valence-corrected chi connectivity index (χ2v) is 15.0. The van der Waals surface area contributed by atoms with Crippen molar-refractivity contribution >= 4 is 21.9 Å². The Morgan fingerprint density at radius 3 is 2.37 bits per heavy atom. The molecule has 6 rings (SSSR count). The van der Waals surface area contributed by atoms with Crippen molar-refractivity contribution in [3.8, 4) is 17.1 Å². The quantitative estimate of drug-likeness (QED) is 0.403. The van der Waals surface area contributed by atoms with E-state index < -0.39 is 10.0 Å². The standard InChI is InChI=1S/C32H38N4O4S/c1-20-8-6-9-21(2)28(20)26-15-27-34-30(33-26)35-41(38,39)25-11-7-10-22(14-25)29(37)36(23-17-32(18-23)12-13-32)24(19-40-27)16-31(3,4)5/h6-11,14-15,23-24H,12-13,16-19H2,1-5H3,(H,33,34,35)/t24-/m1/s1. The van der Waals surface area contributed by atoms with Crippen molar-refractivity contribution in [2.75, 3.05) is 11.3 Å². The number of ether oxygens (including phenoxy) is 1. The number of sulfonamides is 1. The van der Waals surface area contributed by atoms with Gasteiger partial charge >= 0.3 is 0 Å². The molecule has 3 aliphatic rings. The molecular formula is C32H38N4O4S. The Bertz CT molecular complexity index is 1600. The van der Waals surface area contributed by atoms with E-state index in [1.807, 2.05) is 36.9 Å². The summed E-state index contributed by atoms with van der Waals surface area (Å²) in [5.41, 5.74) is 4.16. The summed E-state index contributed by atoms with van der Waals surface area (Å²) in [6.07, 6.45) is 5.12. The van der Waals surface area contributed by atoms with Gasteiger partial charge in [-0.25, -0.2) is 18.1 Å². The number of hydrogen-bond donors (Lipinski definition) is 1. The van der Waals surface area contributed by atoms with E-state index in [-0.39, 0.29) is 46.7 Å². The van der Waals surface area contributed by atoms with Gasteiger partial charge in [-0.05, 0) is 86.1 Å². The first-order valence-corrected chi connectivity index (χ1v) is 15.8. The van der Waals surface area contributed by atoms with E-state index in [1.165, 1.54) is 25.0 Å². The molecular weight excluding hydrogens is 536 g/mol. The fourth-order valence-electron chi connectivity index (χ4n) is 6.49. The van der Waals surface area contributed by atoms with E-state index in [9.17, 15) is 13.2 Å². The Hall–Kier alpha value is -3.46. The van der Waals surface area contributed by atoms with E-state index >= 15 is 0 Å². The van der Waals surface area contributed by atoms with Crippen molar-refractivity contribution in [3.05, 3.63) is 65.2 Å². The molecule has 9 heteroatoms. The summed E-state index contributed by atoms with van der Waals surface area (Å²) in [4.78, 5) is 25.3. The maximum Gasteiger partial charge on any atom is 0.264 e. The highest BCUT2D eigenvalue weighted by Gasteiger charge is 2.56. The fourth-order valence-corrected chi connectivity index (χ4v) is 7.48. The number of anilines is 1. The predicted molar refractivity (Wildman–Crippen MR) is 158 cm³/mol. The van der Waals surface area contributed by atoms with Gasteiger partial charge in [-0.2, -0.15) is 4.98 Å². The molecule has 1 aromatic heterocycles. The summed E-state index contributed by atoms with van der Waals surface area (Å²) in [5.74, 6) is 0.0311. The van der Waals surface area contributed by atoms with E-state index in [0.717, 1.165) is 36.0 Å². The Morgan fingerprint density at radius 2 is 1.71 bits per heavy atom. The number of nitrogens with one attached hydrogen (secondary N) is 1. The fraction of sp³-hybridized carbons (Fsp3) is 0.469. The van der Waals surface area contributed by atoms with Crippen LogP contribution in [0.2, 0.25) is 0 Å². The zero-order valence-electron chi connectivity index (χ0n) is 24.4. The van der Waals surface area contributed by atoms with E-state index in [2.05, 4.69) is 35.5 Å². The van der Waals surface area contributed by atoms with E-state index in [4.69, 9.17) is 4.74 Å². The lowest BCUT2D eigenvalue weighted by atomic mass is 9.74. The monoisotopic (exact) mass is 574 g/mol. The van der Waals surface area contributed by atoms with Crippen molar-refractivity contribution in [2.45, 2.75) is 83.7 Å². The molecule has 1 N–H and O–H groups in total. The Kier molecular flexibility index (Phi) is 6.64. The number of rotatable bonds is 3. The summed E-state index contributed by atoms with van der Waals surface area (Å²) >= 11 is 0. The van der Waals surface area contributed by atoms with Gasteiger partial charge in [0.2, 0.25) is 11.8 Å². The van der Waals surface area contributed by atoms with Crippen LogP contribution in [0.5, 0.6) is 5.88 Å². The topological polar surface area (TPSA) is 101 Å². The average Bonchev–Trinajstić information content (AvgIpc) is 3.67. The van der Waals surface area contributed by atoms with Gasteiger partial charge in [0.05, 0.1) is 16.6 Å². The molecule has 3 aromatic rings. The molecule has 0 saturated heterocycles. The number of fused-ring (bicyclic) bond motifs is 4. The van der Waals surface area contributed by atoms with Gasteiger partial charge in [-0.3, -0.25) is 4.79 Å². The molecule has 1 aliphatic heterocycles. The average molecular weight is 575 g/mol. The maximum absolute atomic E-state index is 14.2. The number of benzene rings is 2. The summed E-state index contributed by atoms with van der Waals surface area (Å²) in [6, 6.07) is 13.9. The van der Waals surface area contributed by atoms with Crippen LogP contribution in [0.1, 0.15) is 74.4 Å². The van der Waals surface area contributed by atoms with Gasteiger partial charge in [0.25, 0.3) is 15.9 Å². The minimum Gasteiger partial charge on any atom is -0.475 e. The van der Waals surface area contributed by atoms with Gasteiger partial charge in [-0.15, -0.1) is 0 Å². The molecule has 2 saturated carbocycles. The second kappa shape index (κ2) is 9.82. The SMILES string of the molecule is Cc1cccc(C)c1-c1cc2nc(n1)NS(=O)(=O)c1cccc(c1)C(=O)N(C1CC3(CC3)C1)[C@H](CC(C)(C)C)CO2. The van der Waals surface area contributed by atoms with E-state index in [0.29, 0.717) is 16.7 Å². The lowest BCUT2D eigenvalue weighted by molar-refractivity contribution is 0.00462. The summed E-state index contributed by atoms with van der Waals surface area (Å²) in [6.45, 7) is 10.7. The molecule has 1 spiro atoms. The Morgan fingerprint density at radius 1 is 1.02 bits per heavy atom. The van der Waals surface area contributed by atoms with Crippen LogP contribution >= 0.6 is 0 Å². The zero-order chi connectivity index (χ0) is 29.2. The molecule has 2 aliphatic carbocycles. The van der Waals surface area contributed by atoms with Gasteiger partial charge in [0.15, 0.2) is 0 Å². The molecule has 0 unspecified atom stereocenters. The number of aromatic nitrogens is 2. The first-order chi connectivity index (χ1) is 19.3. The molecule has 41 heavy (non-hydrogen) atoms. The van der Waals surface area contributed by atoms with Crippen LogP contribution in [0.15, 0.2) is 53.4 Å². The second-order valence-electron chi connectivity index (χ2n) is 13.3. The van der Waals surface area contributed by atoms with Crippen molar-refractivity contribution in [1.82, 2.24) is 14.9 Å². The van der Waals surface area contributed by atoms with Gasteiger partial charge in [0.1, 0.15) is 6.61 Å². The third-order valence-corrected chi connectivity index (χ3v) is 9.97. The van der Waals surface area contributed by atoms with Crippen LogP contribution in [0.4, 0.5) is 5.95 Å². The molecule has 2 heterocycles. The van der Waals surface area contributed by atoms with Crippen LogP contribution in [0.25, 0.3) is 11.3 Å². The minimum absolute atomic E-state index is 0.00858. The van der Waals surface area contributed by atoms with Crippen LogP contribution < -0.4 is 9.46 Å². The Labute approximate surface area is 242 Å². The lowest BCUT2D eigenvalue weighted by Gasteiger charge is -2.48. The van der Waals surface area contributed by atoms with Gasteiger partial charge in [0, 0.05) is 23.2 Å². The first kappa shape index (κ1) is 27.7. The lowest BCUT2D eigenvalue weighted by Crippen LogP contribution is -2.56. The van der Waals surface area contributed by atoms with Crippen molar-refractivity contribution in [1.29, 1.82) is 0 Å². The highest BCUT2D eigenvalue weighted by molar-refractivity contribution is 7.92. The highest BCUT2D eigenvalue weighted by atomic mass is 32.2. The summed E-state index contributed by atoms with van der Waals surface area (Å²) in [5, 5.41) is 0. The first-order valence-electron chi connectivity index (χ1n) is 14.4. The van der Waals surface area contributed by atoms with Gasteiger partial charge in [-0.1, -0.05) is 45.0 Å². The zero-order valence-corrected chi connectivity index (χ0v) is 25.2. The molecule has 2 aromatic carbocycles. The van der Waals surface area contributed by atoms with Crippen molar-refractivity contribution in [3.63, 3.8) is 0 Å². The minimum atomic E-state index is -4.08. The smallest absolute Gasteiger partial charge is 0.264 e. The molecule has 4 bridgehead atoms. The molecule has 2 fully saturated rings. The van der Waals surface area contributed by atoms with Gasteiger partial charge < -0.3 is 9.64 Å². The summed E-state index contributed by atoms with van der Waals surface area (Å²) in [7, 11) is -4.08. The number of amides is 1. The van der Waals surface area contributed by atoms with Crippen molar-refractivity contribution < 1.29 is 17.9 Å². The maximum atomic E-state index is 14.2. The van der Waals surface area contributed by atoms with Crippen LogP contribution in [0.3, 0.4) is 0 Å². The third-order valence-electron chi connectivity index (χ3n) is 8.64. The summed E-state index contributed by atoms with van der Waals surface area (Å²) < 4.78 is 36.0. The molecule has 1 amide bonds. The number of nitrogens with zero attached hydrogens (tertiary/aromatic N) is 3. The third kappa shape index (κ3) is 5.56. The predicted octanol–water partition coefficient (Wildman–Crippen LogP) is 6.14. The molecule has 0 radical (unpaired) electrons. The number of aryl methyl sites for hydroxylation is 2. The molecule has 8 nitrogen and oxygen atoms in total. The number of carbonyl (C=O) groups excluding carboxylic acids is 1. The number of carbonyl (C=O) groups is 1. The number of hydrogen-bond acceptors (Lipinski definition) is 6. The van der Waals surface area contributed by atoms with E-state index in [1.54, 1.807) is 18.2 Å². The normalized spacial score (nSPS) is 21.5. The van der Waals surface area contributed by atoms with Crippen LogP contribution in [-0.2, 0) is 10.0 Å². The largest absolute Gasteiger partial charge is 0.475 e. The Balaban J connectivity index is 1.49.